The van der Waals surface area contributed by atoms with Gasteiger partial charge in [-0.3, -0.25) is 14.1 Å². The molecule has 0 saturated carbocycles. The zero-order valence-corrected chi connectivity index (χ0v) is 23.0. The molecule has 1 aromatic heterocycles. The van der Waals surface area contributed by atoms with Gasteiger partial charge in [0.15, 0.2) is 0 Å². The molecule has 4 aromatic rings. The molecule has 3 aromatic carbocycles. The quantitative estimate of drug-likeness (QED) is 0.293. The van der Waals surface area contributed by atoms with Gasteiger partial charge in [-0.25, -0.2) is 8.42 Å². The zero-order chi connectivity index (χ0) is 29.6. The number of halogens is 3. The number of anilines is 2. The van der Waals surface area contributed by atoms with Gasteiger partial charge < -0.3 is 14.7 Å². The van der Waals surface area contributed by atoms with E-state index in [1.54, 1.807) is 18.3 Å². The molecule has 3 heterocycles. The molecule has 0 amide bonds. The molecule has 1 fully saturated rings. The minimum atomic E-state index is -4.72. The van der Waals surface area contributed by atoms with Gasteiger partial charge in [0, 0.05) is 42.7 Å². The second-order valence-electron chi connectivity index (χ2n) is 10.4. The van der Waals surface area contributed by atoms with E-state index in [1.165, 1.54) is 0 Å². The molecule has 0 bridgehead atoms. The standard InChI is InChI=1S/C30H26F3N3O5S/c31-30(32,33)21-4-1-5-23(15-21)42(39,40)36-18-22(10-12-29(37)38)41-28-11-9-19(14-27(28)36)20-16-35(17-20)26-8-2-7-25-24(26)6-3-13-34-25/h1-9,11,13-15,20,22H,10,12,16-18H2,(H,37,38)/t22-/m0/s1. The summed E-state index contributed by atoms with van der Waals surface area (Å²) < 4.78 is 74.9. The number of pyridine rings is 1. The van der Waals surface area contributed by atoms with Crippen molar-refractivity contribution in [2.45, 2.75) is 35.9 Å². The lowest BCUT2D eigenvalue weighted by molar-refractivity contribution is -0.138. The zero-order valence-electron chi connectivity index (χ0n) is 22.2. The highest BCUT2D eigenvalue weighted by Gasteiger charge is 2.38. The molecule has 1 atom stereocenters. The van der Waals surface area contributed by atoms with Crippen molar-refractivity contribution in [3.63, 3.8) is 0 Å². The number of sulfonamides is 1. The number of aliphatic carboxylic acids is 1. The van der Waals surface area contributed by atoms with Crippen molar-refractivity contribution in [2.75, 3.05) is 28.8 Å². The minimum Gasteiger partial charge on any atom is -0.486 e. The van der Waals surface area contributed by atoms with Crippen LogP contribution < -0.4 is 13.9 Å². The molecule has 0 radical (unpaired) electrons. The summed E-state index contributed by atoms with van der Waals surface area (Å²) in [6, 6.07) is 18.6. The van der Waals surface area contributed by atoms with E-state index in [9.17, 15) is 26.4 Å². The van der Waals surface area contributed by atoms with E-state index in [0.29, 0.717) is 19.2 Å². The number of carbonyl (C=O) groups is 1. The number of alkyl halides is 3. The van der Waals surface area contributed by atoms with Gasteiger partial charge in [0.1, 0.15) is 11.9 Å². The van der Waals surface area contributed by atoms with E-state index in [1.807, 2.05) is 36.4 Å². The van der Waals surface area contributed by atoms with Gasteiger partial charge in [-0.05, 0) is 66.6 Å². The molecule has 1 saturated heterocycles. The predicted octanol–water partition coefficient (Wildman–Crippen LogP) is 5.68. The third-order valence-electron chi connectivity index (χ3n) is 7.66. The van der Waals surface area contributed by atoms with Crippen molar-refractivity contribution >= 4 is 38.3 Å². The van der Waals surface area contributed by atoms with E-state index in [2.05, 4.69) is 9.88 Å². The summed E-state index contributed by atoms with van der Waals surface area (Å²) in [5.74, 6) is -0.763. The molecule has 42 heavy (non-hydrogen) atoms. The van der Waals surface area contributed by atoms with Gasteiger partial charge in [0.25, 0.3) is 10.0 Å². The van der Waals surface area contributed by atoms with Crippen LogP contribution >= 0.6 is 0 Å². The molecule has 12 heteroatoms. The number of aromatic nitrogens is 1. The molecule has 0 aliphatic carbocycles. The highest BCUT2D eigenvalue weighted by Crippen LogP contribution is 2.43. The van der Waals surface area contributed by atoms with E-state index in [-0.39, 0.29) is 36.7 Å². The van der Waals surface area contributed by atoms with Gasteiger partial charge in [0.05, 0.1) is 28.2 Å². The molecule has 2 aliphatic rings. The molecule has 2 aliphatic heterocycles. The summed E-state index contributed by atoms with van der Waals surface area (Å²) in [6.45, 7) is 1.12. The number of ether oxygens (including phenoxy) is 1. The van der Waals surface area contributed by atoms with Crippen LogP contribution in [-0.4, -0.2) is 50.2 Å². The van der Waals surface area contributed by atoms with Gasteiger partial charge in [-0.1, -0.05) is 18.2 Å². The Morgan fingerprint density at radius 3 is 2.52 bits per heavy atom. The third-order valence-corrected chi connectivity index (χ3v) is 9.44. The van der Waals surface area contributed by atoms with Crippen molar-refractivity contribution in [3.05, 3.63) is 90.1 Å². The normalized spacial score (nSPS) is 17.5. The van der Waals surface area contributed by atoms with Crippen LogP contribution in [0.25, 0.3) is 10.9 Å². The average molecular weight is 598 g/mol. The molecule has 6 rings (SSSR count). The molecule has 1 N–H and O–H groups in total. The molecular weight excluding hydrogens is 571 g/mol. The number of benzene rings is 3. The summed E-state index contributed by atoms with van der Waals surface area (Å²) in [5.41, 5.74) is 1.93. The van der Waals surface area contributed by atoms with Crippen LogP contribution in [-0.2, 0) is 21.0 Å². The first kappa shape index (κ1) is 27.8. The summed E-state index contributed by atoms with van der Waals surface area (Å²) in [4.78, 5) is 17.3. The fourth-order valence-electron chi connectivity index (χ4n) is 5.45. The Morgan fingerprint density at radius 2 is 1.76 bits per heavy atom. The SMILES string of the molecule is O=C(O)CC[C@H]1CN(S(=O)(=O)c2cccc(C(F)(F)F)c2)c2cc(C3CN(c4cccc5ncccc45)C3)ccc2O1. The number of hydrogen-bond acceptors (Lipinski definition) is 6. The third kappa shape index (κ3) is 5.22. The first-order valence-electron chi connectivity index (χ1n) is 13.3. The van der Waals surface area contributed by atoms with Crippen LogP contribution in [0.2, 0.25) is 0 Å². The Balaban J connectivity index is 1.32. The molecule has 8 nitrogen and oxygen atoms in total. The van der Waals surface area contributed by atoms with E-state index in [4.69, 9.17) is 9.84 Å². The van der Waals surface area contributed by atoms with E-state index < -0.39 is 38.7 Å². The number of nitrogens with zero attached hydrogens (tertiary/aromatic N) is 3. The highest BCUT2D eigenvalue weighted by molar-refractivity contribution is 7.92. The Bertz CT molecular complexity index is 1770. The number of rotatable bonds is 7. The first-order valence-corrected chi connectivity index (χ1v) is 14.8. The fraction of sp³-hybridized carbons (Fsp3) is 0.267. The number of carboxylic acid groups (broad SMARTS) is 1. The number of carboxylic acids is 1. The maximum atomic E-state index is 13.8. The van der Waals surface area contributed by atoms with Crippen molar-refractivity contribution in [3.8, 4) is 5.75 Å². The largest absolute Gasteiger partial charge is 0.486 e. The summed E-state index contributed by atoms with van der Waals surface area (Å²) in [6.07, 6.45) is -3.99. The summed E-state index contributed by atoms with van der Waals surface area (Å²) >= 11 is 0. The monoisotopic (exact) mass is 597 g/mol. The van der Waals surface area contributed by atoms with Crippen molar-refractivity contribution in [2.24, 2.45) is 0 Å². The van der Waals surface area contributed by atoms with Gasteiger partial charge >= 0.3 is 12.1 Å². The second kappa shape index (κ2) is 10.5. The maximum Gasteiger partial charge on any atom is 0.416 e. The lowest BCUT2D eigenvalue weighted by atomic mass is 9.90. The highest BCUT2D eigenvalue weighted by atomic mass is 32.2. The lowest BCUT2D eigenvalue weighted by Crippen LogP contribution is -2.46. The van der Waals surface area contributed by atoms with Crippen LogP contribution in [0, 0.1) is 0 Å². The van der Waals surface area contributed by atoms with Crippen molar-refractivity contribution < 1.29 is 36.2 Å². The van der Waals surface area contributed by atoms with Gasteiger partial charge in [0.2, 0.25) is 0 Å². The second-order valence-corrected chi connectivity index (χ2v) is 12.3. The van der Waals surface area contributed by atoms with E-state index >= 15 is 0 Å². The molecular formula is C30H26F3N3O5S. The fourth-order valence-corrected chi connectivity index (χ4v) is 7.00. The van der Waals surface area contributed by atoms with Crippen LogP contribution in [0.1, 0.15) is 29.9 Å². The molecule has 0 unspecified atom stereocenters. The molecule has 0 spiro atoms. The van der Waals surface area contributed by atoms with Crippen LogP contribution in [0.4, 0.5) is 24.5 Å². The summed E-state index contributed by atoms with van der Waals surface area (Å²) in [5, 5.41) is 10.2. The van der Waals surface area contributed by atoms with Crippen molar-refractivity contribution in [1.82, 2.24) is 4.98 Å². The molecule has 218 valence electrons. The van der Waals surface area contributed by atoms with Gasteiger partial charge in [-0.2, -0.15) is 13.2 Å². The Hall–Kier alpha value is -4.32. The first-order chi connectivity index (χ1) is 20.0. The minimum absolute atomic E-state index is 0.0304. The Morgan fingerprint density at radius 1 is 0.976 bits per heavy atom. The van der Waals surface area contributed by atoms with Crippen LogP contribution in [0.15, 0.2) is 83.9 Å². The predicted molar refractivity (Wildman–Crippen MR) is 150 cm³/mol. The lowest BCUT2D eigenvalue weighted by Gasteiger charge is -2.42. The smallest absolute Gasteiger partial charge is 0.416 e. The Kier molecular flexibility index (Phi) is 6.96. The topological polar surface area (TPSA) is 100 Å². The van der Waals surface area contributed by atoms with E-state index in [0.717, 1.165) is 44.7 Å². The number of hydrogen-bond donors (Lipinski definition) is 1. The average Bonchev–Trinajstić information content (AvgIpc) is 2.94. The summed E-state index contributed by atoms with van der Waals surface area (Å²) in [7, 11) is -4.45. The van der Waals surface area contributed by atoms with Crippen LogP contribution in [0.3, 0.4) is 0 Å². The van der Waals surface area contributed by atoms with Crippen LogP contribution in [0.5, 0.6) is 5.75 Å². The van der Waals surface area contributed by atoms with Gasteiger partial charge in [-0.15, -0.1) is 0 Å². The Labute approximate surface area is 240 Å². The maximum absolute atomic E-state index is 13.8. The van der Waals surface area contributed by atoms with Crippen molar-refractivity contribution in [1.29, 1.82) is 0 Å². The number of fused-ring (bicyclic) bond motifs is 2.